The molecule has 3 rings (SSSR count). The lowest BCUT2D eigenvalue weighted by molar-refractivity contribution is -0.192. The molecule has 0 bridgehead atoms. The number of nitrogens with two attached hydrogens (primary N) is 1. The molecule has 2 aliphatic carbocycles. The Bertz CT molecular complexity index is 550. The van der Waals surface area contributed by atoms with Gasteiger partial charge in [-0.25, -0.2) is 9.93 Å². The predicted octanol–water partition coefficient (Wildman–Crippen LogP) is 0.287. The molecule has 7 nitrogen and oxygen atoms in total. The lowest BCUT2D eigenvalue weighted by Crippen LogP contribution is -2.66. The smallest absolute Gasteiger partial charge is 0.475 e. The second-order valence-electron chi connectivity index (χ2n) is 6.53. The second kappa shape index (κ2) is 6.19. The van der Waals surface area contributed by atoms with Crippen molar-refractivity contribution in [2.24, 2.45) is 16.5 Å². The van der Waals surface area contributed by atoms with Crippen molar-refractivity contribution in [1.29, 1.82) is 0 Å². The van der Waals surface area contributed by atoms with E-state index in [1.165, 1.54) is 0 Å². The van der Waals surface area contributed by atoms with E-state index in [0.29, 0.717) is 17.9 Å². The molecule has 1 spiro atoms. The van der Waals surface area contributed by atoms with Crippen LogP contribution >= 0.6 is 0 Å². The average molecular weight is 359 g/mol. The fourth-order valence-corrected chi connectivity index (χ4v) is 3.91. The number of nitrogens with one attached hydrogen (secondary N) is 1. The number of hydrogen-bond donors (Lipinski definition) is 3. The topological polar surface area (TPSA) is 113 Å². The SMILES string of the molecule is NS(=O)(=O)N(CC1CC1)C1CC2(CNC2)C1.O=C(O)C(F)(F)F. The van der Waals surface area contributed by atoms with Gasteiger partial charge in [0, 0.05) is 25.7 Å². The fraction of sp³-hybridized carbons (Fsp3) is 0.917. The summed E-state index contributed by atoms with van der Waals surface area (Å²) in [5.41, 5.74) is 0.400. The quantitative estimate of drug-likeness (QED) is 0.668. The largest absolute Gasteiger partial charge is 0.490 e. The highest BCUT2D eigenvalue weighted by atomic mass is 32.2. The van der Waals surface area contributed by atoms with E-state index in [2.05, 4.69) is 5.32 Å². The number of nitrogens with zero attached hydrogens (tertiary/aromatic N) is 1. The van der Waals surface area contributed by atoms with Crippen LogP contribution in [0.2, 0.25) is 0 Å². The first-order chi connectivity index (χ1) is 10.4. The lowest BCUT2D eigenvalue weighted by Gasteiger charge is -2.56. The number of carbonyl (C=O) groups is 1. The fourth-order valence-electron chi connectivity index (χ4n) is 2.93. The maximum atomic E-state index is 11.5. The van der Waals surface area contributed by atoms with Crippen LogP contribution in [0.15, 0.2) is 0 Å². The molecule has 11 heteroatoms. The van der Waals surface area contributed by atoms with Crippen molar-refractivity contribution in [2.75, 3.05) is 19.6 Å². The van der Waals surface area contributed by atoms with Crippen LogP contribution in [0.5, 0.6) is 0 Å². The summed E-state index contributed by atoms with van der Waals surface area (Å²) < 4.78 is 56.4. The first-order valence-corrected chi connectivity index (χ1v) is 8.74. The zero-order valence-corrected chi connectivity index (χ0v) is 13.2. The summed E-state index contributed by atoms with van der Waals surface area (Å²) in [4.78, 5) is 8.90. The molecular formula is C12H20F3N3O4S. The van der Waals surface area contributed by atoms with Crippen LogP contribution in [0, 0.1) is 11.3 Å². The molecule has 3 aliphatic rings. The van der Waals surface area contributed by atoms with Gasteiger partial charge >= 0.3 is 12.1 Å². The molecule has 1 aliphatic heterocycles. The number of rotatable bonds is 4. The zero-order valence-electron chi connectivity index (χ0n) is 12.3. The van der Waals surface area contributed by atoms with Crippen LogP contribution in [0.25, 0.3) is 0 Å². The van der Waals surface area contributed by atoms with E-state index in [0.717, 1.165) is 38.8 Å². The average Bonchev–Trinajstić information content (AvgIpc) is 3.05. The first kappa shape index (κ1) is 18.4. The number of alkyl halides is 3. The highest BCUT2D eigenvalue weighted by Gasteiger charge is 2.52. The van der Waals surface area contributed by atoms with Gasteiger partial charge in [0.15, 0.2) is 0 Å². The molecule has 0 unspecified atom stereocenters. The summed E-state index contributed by atoms with van der Waals surface area (Å²) in [6.07, 6.45) is -0.789. The summed E-state index contributed by atoms with van der Waals surface area (Å²) in [5, 5.41) is 15.7. The maximum absolute atomic E-state index is 11.5. The van der Waals surface area contributed by atoms with Gasteiger partial charge in [-0.15, -0.1) is 0 Å². The van der Waals surface area contributed by atoms with E-state index >= 15 is 0 Å². The summed E-state index contributed by atoms with van der Waals surface area (Å²) in [7, 11) is -3.50. The predicted molar refractivity (Wildman–Crippen MR) is 74.6 cm³/mol. The Balaban J connectivity index is 0.000000236. The second-order valence-corrected chi connectivity index (χ2v) is 8.03. The van der Waals surface area contributed by atoms with E-state index in [9.17, 15) is 21.6 Å². The molecule has 0 aromatic heterocycles. The van der Waals surface area contributed by atoms with Gasteiger partial charge in [0.25, 0.3) is 10.2 Å². The summed E-state index contributed by atoms with van der Waals surface area (Å²) in [5.74, 6) is -2.19. The monoisotopic (exact) mass is 359 g/mol. The van der Waals surface area contributed by atoms with Gasteiger partial charge in [0.1, 0.15) is 0 Å². The Kier molecular flexibility index (Phi) is 4.96. The number of carboxylic acids is 1. The van der Waals surface area contributed by atoms with Crippen molar-refractivity contribution < 1.29 is 31.5 Å². The molecule has 134 valence electrons. The molecule has 0 aromatic rings. The van der Waals surface area contributed by atoms with Crippen LogP contribution in [0.1, 0.15) is 25.7 Å². The number of halogens is 3. The molecule has 0 atom stereocenters. The number of aliphatic carboxylic acids is 1. The maximum Gasteiger partial charge on any atom is 0.490 e. The van der Waals surface area contributed by atoms with Crippen LogP contribution in [0.4, 0.5) is 13.2 Å². The van der Waals surface area contributed by atoms with Gasteiger partial charge in [-0.3, -0.25) is 0 Å². The summed E-state index contributed by atoms with van der Waals surface area (Å²) >= 11 is 0. The van der Waals surface area contributed by atoms with Gasteiger partial charge in [-0.05, 0) is 37.0 Å². The molecule has 1 heterocycles. The van der Waals surface area contributed by atoms with Gasteiger partial charge in [-0.2, -0.15) is 25.9 Å². The number of hydrogen-bond acceptors (Lipinski definition) is 4. The third-order valence-electron chi connectivity index (χ3n) is 4.45. The van der Waals surface area contributed by atoms with Gasteiger partial charge < -0.3 is 10.4 Å². The highest BCUT2D eigenvalue weighted by molar-refractivity contribution is 7.86. The van der Waals surface area contributed by atoms with Crippen molar-refractivity contribution in [3.05, 3.63) is 0 Å². The summed E-state index contributed by atoms with van der Waals surface area (Å²) in [6.45, 7) is 2.74. The third kappa shape index (κ3) is 4.78. The Morgan fingerprint density at radius 2 is 1.78 bits per heavy atom. The molecule has 3 fully saturated rings. The molecular weight excluding hydrogens is 339 g/mol. The van der Waals surface area contributed by atoms with Crippen LogP contribution in [-0.2, 0) is 15.0 Å². The van der Waals surface area contributed by atoms with Gasteiger partial charge in [-0.1, -0.05) is 0 Å². The van der Waals surface area contributed by atoms with Crippen molar-refractivity contribution in [1.82, 2.24) is 9.62 Å². The van der Waals surface area contributed by atoms with E-state index < -0.39 is 22.4 Å². The minimum atomic E-state index is -5.08. The minimum absolute atomic E-state index is 0.165. The van der Waals surface area contributed by atoms with Gasteiger partial charge in [0.2, 0.25) is 0 Å². The minimum Gasteiger partial charge on any atom is -0.475 e. The van der Waals surface area contributed by atoms with E-state index in [1.807, 2.05) is 0 Å². The van der Waals surface area contributed by atoms with Crippen molar-refractivity contribution >= 4 is 16.2 Å². The van der Waals surface area contributed by atoms with E-state index in [-0.39, 0.29) is 6.04 Å². The zero-order chi connectivity index (χ0) is 17.5. The number of carboxylic acid groups (broad SMARTS) is 1. The van der Waals surface area contributed by atoms with Crippen LogP contribution < -0.4 is 10.5 Å². The first-order valence-electron chi connectivity index (χ1n) is 7.23. The van der Waals surface area contributed by atoms with Crippen molar-refractivity contribution in [3.8, 4) is 0 Å². The van der Waals surface area contributed by atoms with E-state index in [4.69, 9.17) is 15.0 Å². The Morgan fingerprint density at radius 3 is 2.04 bits per heavy atom. The van der Waals surface area contributed by atoms with Crippen molar-refractivity contribution in [3.63, 3.8) is 0 Å². The highest BCUT2D eigenvalue weighted by Crippen LogP contribution is 2.47. The Hall–Kier alpha value is -0.910. The molecule has 1 saturated heterocycles. The van der Waals surface area contributed by atoms with Crippen LogP contribution in [0.3, 0.4) is 0 Å². The standard InChI is InChI=1S/C10H19N3O2S.C2HF3O2/c11-16(14,15)13(5-8-1-2-8)9-3-10(4-9)6-12-7-10;3-2(4,5)1(6)7/h8-9,12H,1-7H2,(H2,11,14,15);(H,6,7). The van der Waals surface area contributed by atoms with Crippen molar-refractivity contribution in [2.45, 2.75) is 37.9 Å². The Labute approximate surface area is 132 Å². The Morgan fingerprint density at radius 1 is 1.30 bits per heavy atom. The molecule has 2 saturated carbocycles. The molecule has 0 amide bonds. The third-order valence-corrected chi connectivity index (χ3v) is 5.55. The van der Waals surface area contributed by atoms with Crippen LogP contribution in [-0.4, -0.2) is 55.7 Å². The molecule has 4 N–H and O–H groups in total. The molecule has 23 heavy (non-hydrogen) atoms. The molecule has 0 radical (unpaired) electrons. The normalized spacial score (nSPS) is 23.7. The lowest BCUT2D eigenvalue weighted by atomic mass is 9.61. The molecule has 0 aromatic carbocycles. The van der Waals surface area contributed by atoms with E-state index in [1.54, 1.807) is 4.31 Å². The summed E-state index contributed by atoms with van der Waals surface area (Å²) in [6, 6.07) is 0.165. The van der Waals surface area contributed by atoms with Gasteiger partial charge in [0.05, 0.1) is 0 Å².